The molecule has 7 aromatic rings. The molecule has 0 aromatic heterocycles. The van der Waals surface area contributed by atoms with Gasteiger partial charge >= 0.3 is 0 Å². The van der Waals surface area contributed by atoms with E-state index in [4.69, 9.17) is 156 Å². The van der Waals surface area contributed by atoms with E-state index in [-0.39, 0.29) is 65.8 Å². The minimum atomic E-state index is -1.23. The van der Waals surface area contributed by atoms with Gasteiger partial charge in [0.2, 0.25) is 0 Å². The Morgan fingerprint density at radius 2 is 0.584 bits per heavy atom. The van der Waals surface area contributed by atoms with Crippen LogP contribution in [0.5, 0.6) is 0 Å². The molecule has 15 atom stereocenters. The van der Waals surface area contributed by atoms with Crippen LogP contribution in [0.4, 0.5) is 0 Å². The zero-order valence-electron chi connectivity index (χ0n) is 48.3. The second-order valence-corrected chi connectivity index (χ2v) is 25.3. The lowest BCUT2D eigenvalue weighted by Gasteiger charge is -2.51. The lowest BCUT2D eigenvalue weighted by Crippen LogP contribution is -2.69. The summed E-state index contributed by atoms with van der Waals surface area (Å²) in [6, 6.07) is 48.9. The number of benzene rings is 7. The molecule has 0 amide bonds. The fourth-order valence-electron chi connectivity index (χ4n) is 11.0. The third-order valence-electron chi connectivity index (χ3n) is 15.7. The molecule has 89 heavy (non-hydrogen) atoms. The average molecular weight is 1360 g/mol. The lowest BCUT2D eigenvalue weighted by molar-refractivity contribution is -0.351. The van der Waals surface area contributed by atoms with Crippen molar-refractivity contribution in [1.29, 1.82) is 0 Å². The molecule has 3 aliphatic rings. The van der Waals surface area contributed by atoms with Crippen LogP contribution in [0, 0.1) is 0 Å². The molecule has 15 nitrogen and oxygen atoms in total. The normalized spacial score (nSPS) is 27.2. The van der Waals surface area contributed by atoms with E-state index in [1.165, 1.54) is 0 Å². The van der Waals surface area contributed by atoms with Crippen LogP contribution in [0.3, 0.4) is 0 Å². The van der Waals surface area contributed by atoms with E-state index >= 15 is 0 Å². The molecule has 0 radical (unpaired) electrons. The summed E-state index contributed by atoms with van der Waals surface area (Å²) in [5.74, 6) is 0. The predicted octanol–water partition coefficient (Wildman–Crippen LogP) is 12.9. The summed E-state index contributed by atoms with van der Waals surface area (Å²) in [5.41, 5.74) is 34.5. The molecule has 7 aromatic carbocycles. The Morgan fingerprint density at radius 1 is 0.315 bits per heavy atom. The number of nitrogens with two attached hydrogens (primary N) is 4. The SMILES string of the molecule is NC[C@H]1O[C@H](O[C@@H]2[C@@H](OCc3ccc(Cl)cc3)[C@H](O[C@H]3O[C@H](COCc4ccc(Cl)cc4)[C@@H](OCc4ccc(Cl)cc4)[C@H](N)[C@H]3OCc3ccc(Cl)cc3)[C@@H](N)C[C@H]2N)[C@H](OCc2ccc(Cl)cc2)[C@@H](OCc2ccc(Cl)cc2)[C@@H]1OCc1ccc(Cl)cc1. The van der Waals surface area contributed by atoms with Crippen LogP contribution in [0.15, 0.2) is 170 Å². The summed E-state index contributed by atoms with van der Waals surface area (Å²) in [5, 5.41) is 4.02. The number of hydrogen-bond donors (Lipinski definition) is 4. The van der Waals surface area contributed by atoms with E-state index in [1.54, 1.807) is 84.9 Å². The molecule has 0 bridgehead atoms. The van der Waals surface area contributed by atoms with E-state index in [2.05, 4.69) is 0 Å². The maximum Gasteiger partial charge on any atom is 0.187 e. The maximum atomic E-state index is 7.43. The monoisotopic (exact) mass is 1350 g/mol. The first-order valence-corrected chi connectivity index (χ1v) is 31.8. The largest absolute Gasteiger partial charge is 0.374 e. The van der Waals surface area contributed by atoms with Crippen LogP contribution in [-0.2, 0) is 98.4 Å². The molecule has 2 heterocycles. The van der Waals surface area contributed by atoms with Crippen LogP contribution < -0.4 is 22.9 Å². The van der Waals surface area contributed by atoms with Crippen molar-refractivity contribution >= 4 is 81.2 Å². The third kappa shape index (κ3) is 19.1. The Labute approximate surface area is 554 Å². The number of hydrogen-bond acceptors (Lipinski definition) is 15. The van der Waals surface area contributed by atoms with Gasteiger partial charge in [-0.2, -0.15) is 0 Å². The summed E-state index contributed by atoms with van der Waals surface area (Å²) in [4.78, 5) is 0. The highest BCUT2D eigenvalue weighted by molar-refractivity contribution is 6.32. The van der Waals surface area contributed by atoms with Gasteiger partial charge in [0, 0.05) is 53.8 Å². The van der Waals surface area contributed by atoms with Crippen LogP contribution >= 0.6 is 81.2 Å². The Balaban J connectivity index is 1.00. The Morgan fingerprint density at radius 3 is 0.933 bits per heavy atom. The first-order chi connectivity index (χ1) is 43.1. The van der Waals surface area contributed by atoms with Crippen molar-refractivity contribution in [3.63, 3.8) is 0 Å². The van der Waals surface area contributed by atoms with Crippen molar-refractivity contribution < 1.29 is 52.1 Å². The number of ether oxygens (including phenoxy) is 11. The van der Waals surface area contributed by atoms with Crippen LogP contribution in [0.25, 0.3) is 0 Å². The van der Waals surface area contributed by atoms with E-state index in [0.29, 0.717) is 35.2 Å². The predicted molar refractivity (Wildman–Crippen MR) is 346 cm³/mol. The fraction of sp³-hybridized carbons (Fsp3) is 0.373. The number of halogens is 7. The van der Waals surface area contributed by atoms with Gasteiger partial charge in [-0.25, -0.2) is 0 Å². The van der Waals surface area contributed by atoms with Gasteiger partial charge in [0.1, 0.15) is 61.0 Å². The Kier molecular flexibility index (Phi) is 25.3. The van der Waals surface area contributed by atoms with Gasteiger partial charge in [-0.3, -0.25) is 0 Å². The van der Waals surface area contributed by atoms with Gasteiger partial charge in [-0.15, -0.1) is 0 Å². The molecule has 1 saturated carbocycles. The van der Waals surface area contributed by atoms with Crippen LogP contribution in [0.2, 0.25) is 35.2 Å². The second-order valence-electron chi connectivity index (χ2n) is 22.2. The van der Waals surface area contributed by atoms with Crippen molar-refractivity contribution in [3.05, 3.63) is 244 Å². The van der Waals surface area contributed by atoms with E-state index < -0.39 is 91.7 Å². The standard InChI is InChI=1S/C67H71Cl7N4O11/c68-46-15-1-39(2-16-46)31-79-38-56-60(80-32-40-3-17-47(69)18-4-40)57(78)62(82-34-42-7-21-49(71)22-8-42)66(87-56)88-58-53(76)29-54(77)59(63(58)83-35-43-9-23-50(72)24-10-43)89-67-65(85-37-45-13-27-52(74)28-14-45)64(84-36-44-11-25-51(73)26-12-44)61(55(30-75)86-67)81-33-41-5-19-48(70)20-6-41/h1-28,53-67H,29-38,75-78H2/t53-,54+,55+,56+,57-,58+,59-,60+,61+,62+,63-,64-,65+,66+,67+/m0/s1. The number of rotatable bonds is 27. The first-order valence-electron chi connectivity index (χ1n) is 29.2. The topological polar surface area (TPSA) is 206 Å². The molecule has 22 heteroatoms. The molecular formula is C67H71Cl7N4O11. The highest BCUT2D eigenvalue weighted by Crippen LogP contribution is 2.38. The summed E-state index contributed by atoms with van der Waals surface area (Å²) in [6.45, 7) is 0.908. The minimum absolute atomic E-state index is 0.00858. The third-order valence-corrected chi connectivity index (χ3v) is 17.5. The molecule has 3 fully saturated rings. The Hall–Kier alpha value is -4.03. The van der Waals surface area contributed by atoms with E-state index in [1.807, 2.05) is 84.9 Å². The van der Waals surface area contributed by atoms with Gasteiger partial charge in [0.15, 0.2) is 12.6 Å². The first kappa shape index (κ1) is 67.8. The smallest absolute Gasteiger partial charge is 0.187 e. The highest BCUT2D eigenvalue weighted by atomic mass is 35.5. The van der Waals surface area contributed by atoms with Gasteiger partial charge < -0.3 is 75.0 Å². The van der Waals surface area contributed by atoms with Gasteiger partial charge in [-0.1, -0.05) is 166 Å². The lowest BCUT2D eigenvalue weighted by atomic mass is 9.84. The zero-order chi connectivity index (χ0) is 62.4. The summed E-state index contributed by atoms with van der Waals surface area (Å²) in [6.07, 6.45) is -11.5. The molecule has 0 unspecified atom stereocenters. The van der Waals surface area contributed by atoms with E-state index in [0.717, 1.165) is 38.9 Å². The molecule has 2 aliphatic heterocycles. The van der Waals surface area contributed by atoms with Crippen molar-refractivity contribution in [2.24, 2.45) is 22.9 Å². The van der Waals surface area contributed by atoms with E-state index in [9.17, 15) is 0 Å². The maximum absolute atomic E-state index is 7.43. The van der Waals surface area contributed by atoms with Crippen molar-refractivity contribution in [2.45, 2.75) is 144 Å². The molecular weight excluding hydrogens is 1280 g/mol. The molecule has 0 spiro atoms. The molecule has 8 N–H and O–H groups in total. The second kappa shape index (κ2) is 33.2. The molecule has 474 valence electrons. The zero-order valence-corrected chi connectivity index (χ0v) is 53.6. The summed E-state index contributed by atoms with van der Waals surface area (Å²) >= 11 is 44.3. The highest BCUT2D eigenvalue weighted by Gasteiger charge is 2.55. The molecule has 10 rings (SSSR count). The molecule has 2 saturated heterocycles. The van der Waals surface area contributed by atoms with Gasteiger partial charge in [-0.05, 0) is 130 Å². The van der Waals surface area contributed by atoms with Crippen LogP contribution in [0.1, 0.15) is 45.4 Å². The average Bonchev–Trinajstić information content (AvgIpc) is 1.15. The summed E-state index contributed by atoms with van der Waals surface area (Å²) < 4.78 is 76.4. The van der Waals surface area contributed by atoms with Crippen molar-refractivity contribution in [3.8, 4) is 0 Å². The van der Waals surface area contributed by atoms with Crippen molar-refractivity contribution in [2.75, 3.05) is 13.2 Å². The van der Waals surface area contributed by atoms with Crippen LogP contribution in [-0.4, -0.2) is 105 Å². The quantitative estimate of drug-likeness (QED) is 0.0378. The summed E-state index contributed by atoms with van der Waals surface area (Å²) in [7, 11) is 0. The van der Waals surface area contributed by atoms with Gasteiger partial charge in [0.25, 0.3) is 0 Å². The molecule has 1 aliphatic carbocycles. The van der Waals surface area contributed by atoms with Crippen molar-refractivity contribution in [1.82, 2.24) is 0 Å². The minimum Gasteiger partial charge on any atom is -0.374 e. The Bertz CT molecular complexity index is 3260. The fourth-order valence-corrected chi connectivity index (χ4v) is 11.8. The van der Waals surface area contributed by atoms with Gasteiger partial charge in [0.05, 0.1) is 58.9 Å².